The highest BCUT2D eigenvalue weighted by Gasteiger charge is 2.17. The van der Waals surface area contributed by atoms with Gasteiger partial charge < -0.3 is 15.5 Å². The molecule has 0 aromatic carbocycles. The van der Waals surface area contributed by atoms with Gasteiger partial charge in [0.05, 0.1) is 18.8 Å². The summed E-state index contributed by atoms with van der Waals surface area (Å²) in [6.45, 7) is 4.29. The maximum atomic E-state index is 12.3. The second kappa shape index (κ2) is 39.1. The first kappa shape index (κ1) is 45.6. The molecule has 0 aromatic heterocycles. The van der Waals surface area contributed by atoms with Gasteiger partial charge in [0.25, 0.3) is 0 Å². The van der Waals surface area contributed by atoms with Crippen molar-refractivity contribution in [2.45, 2.75) is 225 Å². The zero-order valence-corrected chi connectivity index (χ0v) is 31.5. The molecule has 2 atom stereocenters. The van der Waals surface area contributed by atoms with Crippen LogP contribution in [0.4, 0.5) is 0 Å². The van der Waals surface area contributed by atoms with E-state index in [1.807, 2.05) is 6.08 Å². The molecule has 0 aliphatic rings. The van der Waals surface area contributed by atoms with Crippen molar-refractivity contribution in [2.24, 2.45) is 0 Å². The zero-order chi connectivity index (χ0) is 34.3. The lowest BCUT2D eigenvalue weighted by Gasteiger charge is -2.19. The van der Waals surface area contributed by atoms with Crippen molar-refractivity contribution in [1.29, 1.82) is 0 Å². The van der Waals surface area contributed by atoms with E-state index < -0.39 is 12.1 Å². The van der Waals surface area contributed by atoms with Crippen LogP contribution in [0.2, 0.25) is 0 Å². The van der Waals surface area contributed by atoms with Gasteiger partial charge in [-0.25, -0.2) is 0 Å². The van der Waals surface area contributed by atoms with Crippen molar-refractivity contribution in [3.05, 3.63) is 36.5 Å². The summed E-state index contributed by atoms with van der Waals surface area (Å²) in [4.78, 5) is 12.3. The maximum absolute atomic E-state index is 12.3. The van der Waals surface area contributed by atoms with Crippen LogP contribution >= 0.6 is 0 Å². The molecule has 0 rings (SSSR count). The van der Waals surface area contributed by atoms with E-state index in [1.165, 1.54) is 154 Å². The second-order valence-electron chi connectivity index (χ2n) is 14.0. The number of hydrogen-bond donors (Lipinski definition) is 3. The Kier molecular flexibility index (Phi) is 37.9. The number of aliphatic hydroxyl groups is 2. The van der Waals surface area contributed by atoms with Crippen molar-refractivity contribution in [2.75, 3.05) is 6.61 Å². The van der Waals surface area contributed by atoms with Gasteiger partial charge in [0.15, 0.2) is 0 Å². The minimum atomic E-state index is -0.866. The molecule has 3 N–H and O–H groups in total. The fraction of sp³-hybridized carbons (Fsp3) is 0.837. The third-order valence-corrected chi connectivity index (χ3v) is 9.35. The average Bonchev–Trinajstić information content (AvgIpc) is 3.07. The van der Waals surface area contributed by atoms with Gasteiger partial charge in [-0.05, 0) is 44.9 Å². The van der Waals surface area contributed by atoms with Crippen molar-refractivity contribution in [1.82, 2.24) is 5.32 Å². The molecule has 0 spiro atoms. The van der Waals surface area contributed by atoms with Gasteiger partial charge in [0, 0.05) is 6.42 Å². The smallest absolute Gasteiger partial charge is 0.220 e. The molecule has 4 heteroatoms. The molecule has 0 aromatic rings. The molecule has 1 amide bonds. The number of nitrogens with one attached hydrogen (secondary N) is 1. The fourth-order valence-corrected chi connectivity index (χ4v) is 6.15. The van der Waals surface area contributed by atoms with E-state index in [0.717, 1.165) is 38.5 Å². The molecule has 0 radical (unpaired) electrons. The van der Waals surface area contributed by atoms with Crippen molar-refractivity contribution in [3.8, 4) is 0 Å². The van der Waals surface area contributed by atoms with Gasteiger partial charge in [-0.3, -0.25) is 4.79 Å². The van der Waals surface area contributed by atoms with Crippen LogP contribution in [0.15, 0.2) is 36.5 Å². The summed E-state index contributed by atoms with van der Waals surface area (Å²) in [6.07, 6.45) is 51.1. The first-order valence-electron chi connectivity index (χ1n) is 20.7. The summed E-state index contributed by atoms with van der Waals surface area (Å²) in [7, 11) is 0. The first-order valence-corrected chi connectivity index (χ1v) is 20.7. The molecule has 0 fully saturated rings. The molecule has 0 bridgehead atoms. The van der Waals surface area contributed by atoms with Crippen LogP contribution in [-0.4, -0.2) is 34.9 Å². The molecule has 0 aliphatic carbocycles. The summed E-state index contributed by atoms with van der Waals surface area (Å²) in [5.41, 5.74) is 0. The van der Waals surface area contributed by atoms with Crippen LogP contribution in [0, 0.1) is 0 Å². The highest BCUT2D eigenvalue weighted by Crippen LogP contribution is 2.14. The van der Waals surface area contributed by atoms with Gasteiger partial charge in [-0.1, -0.05) is 198 Å². The molecular weight excluding hydrogens is 578 g/mol. The Morgan fingerprint density at radius 3 is 1.23 bits per heavy atom. The molecule has 0 saturated heterocycles. The minimum absolute atomic E-state index is 0.0788. The van der Waals surface area contributed by atoms with Crippen LogP contribution in [0.1, 0.15) is 213 Å². The van der Waals surface area contributed by atoms with E-state index in [2.05, 4.69) is 43.5 Å². The van der Waals surface area contributed by atoms with Crippen molar-refractivity contribution < 1.29 is 15.0 Å². The third kappa shape index (κ3) is 35.7. The van der Waals surface area contributed by atoms with Gasteiger partial charge >= 0.3 is 0 Å². The molecule has 276 valence electrons. The number of rotatable bonds is 37. The summed E-state index contributed by atoms with van der Waals surface area (Å²) in [6, 6.07) is -0.641. The van der Waals surface area contributed by atoms with Crippen LogP contribution in [0.3, 0.4) is 0 Å². The second-order valence-corrected chi connectivity index (χ2v) is 14.0. The number of carbonyl (C=O) groups is 1. The Labute approximate surface area is 293 Å². The van der Waals surface area contributed by atoms with Gasteiger partial charge in [0.2, 0.25) is 5.91 Å². The SMILES string of the molecule is CCCCCCCCCCCCCCC/C=C/CC/C=C/CC/C=C/C(O)C(CO)NC(=O)CCCCCCCCCCCCCC. The van der Waals surface area contributed by atoms with Crippen LogP contribution in [0.5, 0.6) is 0 Å². The van der Waals surface area contributed by atoms with Crippen molar-refractivity contribution >= 4 is 5.91 Å². The molecular formula is C43H81NO3. The summed E-state index contributed by atoms with van der Waals surface area (Å²) in [5, 5.41) is 22.9. The predicted octanol–water partition coefficient (Wildman–Crippen LogP) is 12.6. The molecule has 47 heavy (non-hydrogen) atoms. The highest BCUT2D eigenvalue weighted by atomic mass is 16.3. The molecule has 0 saturated carbocycles. The number of unbranched alkanes of at least 4 members (excludes halogenated alkanes) is 26. The Balaban J connectivity index is 3.64. The summed E-state index contributed by atoms with van der Waals surface area (Å²) in [5.74, 6) is -0.0788. The van der Waals surface area contributed by atoms with Gasteiger partial charge in [-0.2, -0.15) is 0 Å². The monoisotopic (exact) mass is 660 g/mol. The molecule has 2 unspecified atom stereocenters. The number of amides is 1. The van der Waals surface area contributed by atoms with E-state index in [9.17, 15) is 15.0 Å². The van der Waals surface area contributed by atoms with E-state index in [4.69, 9.17) is 0 Å². The fourth-order valence-electron chi connectivity index (χ4n) is 6.15. The summed E-state index contributed by atoms with van der Waals surface area (Å²) >= 11 is 0. The lowest BCUT2D eigenvalue weighted by Crippen LogP contribution is -2.45. The van der Waals surface area contributed by atoms with E-state index in [0.29, 0.717) is 6.42 Å². The maximum Gasteiger partial charge on any atom is 0.220 e. The Morgan fingerprint density at radius 1 is 0.489 bits per heavy atom. The average molecular weight is 660 g/mol. The summed E-state index contributed by atoms with van der Waals surface area (Å²) < 4.78 is 0. The Bertz CT molecular complexity index is 716. The molecule has 0 heterocycles. The van der Waals surface area contributed by atoms with E-state index in [-0.39, 0.29) is 12.5 Å². The van der Waals surface area contributed by atoms with Crippen molar-refractivity contribution in [3.63, 3.8) is 0 Å². The standard InChI is InChI=1S/C43H81NO3/c1-3-5-7-9-11-13-15-17-18-19-20-21-22-23-24-25-26-27-28-30-32-34-36-38-42(46)41(40-45)44-43(47)39-37-35-33-31-29-16-14-12-10-8-6-4-2/h24-25,28,30,36,38,41-42,45-46H,3-23,26-27,29,31-35,37,39-40H2,1-2H3,(H,44,47)/b25-24+,30-28+,38-36+. The van der Waals surface area contributed by atoms with E-state index in [1.54, 1.807) is 6.08 Å². The van der Waals surface area contributed by atoms with Gasteiger partial charge in [-0.15, -0.1) is 0 Å². The predicted molar refractivity (Wildman–Crippen MR) is 207 cm³/mol. The third-order valence-electron chi connectivity index (χ3n) is 9.35. The Hall–Kier alpha value is -1.39. The van der Waals surface area contributed by atoms with Crippen LogP contribution < -0.4 is 5.32 Å². The van der Waals surface area contributed by atoms with Crippen LogP contribution in [-0.2, 0) is 4.79 Å². The molecule has 0 aliphatic heterocycles. The van der Waals surface area contributed by atoms with Crippen LogP contribution in [0.25, 0.3) is 0 Å². The lowest BCUT2D eigenvalue weighted by molar-refractivity contribution is -0.123. The number of carbonyl (C=O) groups excluding carboxylic acids is 1. The van der Waals surface area contributed by atoms with Gasteiger partial charge in [0.1, 0.15) is 0 Å². The lowest BCUT2D eigenvalue weighted by atomic mass is 10.0. The normalized spacial score (nSPS) is 13.4. The largest absolute Gasteiger partial charge is 0.394 e. The number of allylic oxidation sites excluding steroid dienone is 5. The first-order chi connectivity index (χ1) is 23.2. The minimum Gasteiger partial charge on any atom is -0.394 e. The number of aliphatic hydroxyl groups excluding tert-OH is 2. The molecule has 4 nitrogen and oxygen atoms in total. The highest BCUT2D eigenvalue weighted by molar-refractivity contribution is 5.76. The Morgan fingerprint density at radius 2 is 0.830 bits per heavy atom. The quantitative estimate of drug-likeness (QED) is 0.0459. The number of hydrogen-bond acceptors (Lipinski definition) is 3. The topological polar surface area (TPSA) is 69.6 Å². The van der Waals surface area contributed by atoms with E-state index >= 15 is 0 Å². The zero-order valence-electron chi connectivity index (χ0n) is 31.5.